The van der Waals surface area contributed by atoms with Crippen LogP contribution < -0.4 is 11.2 Å². The van der Waals surface area contributed by atoms with Crippen molar-refractivity contribution < 1.29 is 13.8 Å². The molecule has 3 aromatic rings. The number of aryl methyl sites for hydroxylation is 1. The number of likely N-dealkylation sites (tertiary alicyclic amines) is 1. The van der Waals surface area contributed by atoms with Crippen LogP contribution in [0.1, 0.15) is 47.0 Å². The predicted molar refractivity (Wildman–Crippen MR) is 101 cm³/mol. The summed E-state index contributed by atoms with van der Waals surface area (Å²) in [5, 5.41) is 19.3. The lowest BCUT2D eigenvalue weighted by Gasteiger charge is -2.26. The van der Waals surface area contributed by atoms with E-state index < -0.39 is 5.91 Å². The van der Waals surface area contributed by atoms with Crippen LogP contribution in [0.3, 0.4) is 0 Å². The molecule has 0 atom stereocenters. The van der Waals surface area contributed by atoms with Crippen molar-refractivity contribution in [3.8, 4) is 5.82 Å². The quantitative estimate of drug-likeness (QED) is 0.454. The maximum Gasteiger partial charge on any atom is 0.293 e. The standard InChI is InChI=1S/C17H21N9O3/c1-11-5-6-12(28-11)9-19-21-17(27)14-13(10-25-7-3-2-4-8-25)26(24-20-14)16-15(18)22-29-23-16/h5-6,9H,2-4,7-8,10H2,1H3,(H2,18,22)(H,21,27)/b19-9-. The zero-order valence-corrected chi connectivity index (χ0v) is 15.9. The third-order valence-electron chi connectivity index (χ3n) is 4.62. The fraction of sp³-hybridized carbons (Fsp3) is 0.412. The van der Waals surface area contributed by atoms with E-state index in [1.54, 1.807) is 6.07 Å². The summed E-state index contributed by atoms with van der Waals surface area (Å²) in [7, 11) is 0. The van der Waals surface area contributed by atoms with Crippen LogP contribution in [0.2, 0.25) is 0 Å². The Morgan fingerprint density at radius 3 is 2.83 bits per heavy atom. The zero-order valence-electron chi connectivity index (χ0n) is 15.9. The first-order chi connectivity index (χ1) is 14.1. The van der Waals surface area contributed by atoms with Crippen molar-refractivity contribution in [2.75, 3.05) is 18.8 Å². The smallest absolute Gasteiger partial charge is 0.293 e. The van der Waals surface area contributed by atoms with Gasteiger partial charge in [-0.05, 0) is 55.3 Å². The highest BCUT2D eigenvalue weighted by Crippen LogP contribution is 2.19. The van der Waals surface area contributed by atoms with Gasteiger partial charge in [0.2, 0.25) is 11.6 Å². The van der Waals surface area contributed by atoms with Crippen molar-refractivity contribution in [2.45, 2.75) is 32.7 Å². The van der Waals surface area contributed by atoms with Gasteiger partial charge in [0, 0.05) is 6.54 Å². The molecule has 4 heterocycles. The van der Waals surface area contributed by atoms with Crippen LogP contribution in [0.25, 0.3) is 5.82 Å². The van der Waals surface area contributed by atoms with Crippen molar-refractivity contribution in [1.29, 1.82) is 0 Å². The van der Waals surface area contributed by atoms with Crippen LogP contribution in [-0.4, -0.2) is 55.4 Å². The molecule has 0 bridgehead atoms. The Morgan fingerprint density at radius 2 is 2.14 bits per heavy atom. The zero-order chi connectivity index (χ0) is 20.2. The topological polar surface area (TPSA) is 153 Å². The number of nitrogen functional groups attached to an aromatic ring is 1. The summed E-state index contributed by atoms with van der Waals surface area (Å²) in [6.07, 6.45) is 4.81. The molecule has 0 aliphatic carbocycles. The largest absolute Gasteiger partial charge is 0.460 e. The van der Waals surface area contributed by atoms with Gasteiger partial charge in [0.25, 0.3) is 5.91 Å². The second kappa shape index (κ2) is 8.22. The molecule has 0 spiro atoms. The van der Waals surface area contributed by atoms with E-state index in [2.05, 4.69) is 40.7 Å². The fourth-order valence-corrected chi connectivity index (χ4v) is 3.19. The number of aromatic nitrogens is 5. The minimum Gasteiger partial charge on any atom is -0.460 e. The van der Waals surface area contributed by atoms with Gasteiger partial charge in [0.05, 0.1) is 11.9 Å². The minimum absolute atomic E-state index is 0.0629. The lowest BCUT2D eigenvalue weighted by atomic mass is 10.1. The highest BCUT2D eigenvalue weighted by molar-refractivity contribution is 5.94. The van der Waals surface area contributed by atoms with E-state index in [0.717, 1.165) is 31.7 Å². The fourth-order valence-electron chi connectivity index (χ4n) is 3.19. The Labute approximate surface area is 165 Å². The molecular weight excluding hydrogens is 378 g/mol. The van der Waals surface area contributed by atoms with Crippen molar-refractivity contribution in [3.05, 3.63) is 35.0 Å². The third-order valence-corrected chi connectivity index (χ3v) is 4.62. The molecular formula is C17H21N9O3. The van der Waals surface area contributed by atoms with E-state index in [0.29, 0.717) is 18.0 Å². The highest BCUT2D eigenvalue weighted by atomic mass is 16.6. The Hall–Kier alpha value is -3.54. The van der Waals surface area contributed by atoms with Crippen LogP contribution in [0, 0.1) is 6.92 Å². The molecule has 3 aromatic heterocycles. The van der Waals surface area contributed by atoms with Gasteiger partial charge in [-0.2, -0.15) is 9.78 Å². The number of furan rings is 1. The first-order valence-corrected chi connectivity index (χ1v) is 9.27. The molecule has 1 saturated heterocycles. The molecule has 29 heavy (non-hydrogen) atoms. The number of hydrogen-bond donors (Lipinski definition) is 2. The molecule has 0 saturated carbocycles. The summed E-state index contributed by atoms with van der Waals surface area (Å²) < 4.78 is 11.4. The van der Waals surface area contributed by atoms with Crippen LogP contribution in [-0.2, 0) is 6.54 Å². The second-order valence-electron chi connectivity index (χ2n) is 6.75. The molecule has 1 amide bonds. The van der Waals surface area contributed by atoms with Crippen molar-refractivity contribution >= 4 is 17.9 Å². The van der Waals surface area contributed by atoms with E-state index >= 15 is 0 Å². The Morgan fingerprint density at radius 1 is 1.31 bits per heavy atom. The number of carbonyl (C=O) groups is 1. The summed E-state index contributed by atoms with van der Waals surface area (Å²) in [6.45, 7) is 4.14. The molecule has 0 radical (unpaired) electrons. The normalized spacial score (nSPS) is 15.2. The van der Waals surface area contributed by atoms with E-state index in [4.69, 9.17) is 10.2 Å². The third kappa shape index (κ3) is 4.16. The SMILES string of the molecule is Cc1ccc(/C=N\NC(=O)c2nnn(-c3nonc3N)c2CN2CCCCC2)o1. The van der Waals surface area contributed by atoms with Gasteiger partial charge in [0.1, 0.15) is 11.5 Å². The Balaban J connectivity index is 1.57. The van der Waals surface area contributed by atoms with E-state index in [1.807, 2.05) is 13.0 Å². The average Bonchev–Trinajstić information content (AvgIpc) is 3.43. The molecule has 0 unspecified atom stereocenters. The van der Waals surface area contributed by atoms with Crippen LogP contribution >= 0.6 is 0 Å². The number of nitrogens with zero attached hydrogens (tertiary/aromatic N) is 7. The number of nitrogens with one attached hydrogen (secondary N) is 1. The molecule has 1 aliphatic rings. The van der Waals surface area contributed by atoms with Gasteiger partial charge in [0.15, 0.2) is 5.69 Å². The van der Waals surface area contributed by atoms with E-state index in [1.165, 1.54) is 17.3 Å². The van der Waals surface area contributed by atoms with Crippen molar-refractivity contribution in [3.63, 3.8) is 0 Å². The second-order valence-corrected chi connectivity index (χ2v) is 6.75. The average molecular weight is 399 g/mol. The molecule has 1 aliphatic heterocycles. The predicted octanol–water partition coefficient (Wildman–Crippen LogP) is 0.884. The lowest BCUT2D eigenvalue weighted by molar-refractivity contribution is 0.0947. The lowest BCUT2D eigenvalue weighted by Crippen LogP contribution is -2.31. The van der Waals surface area contributed by atoms with Gasteiger partial charge in [-0.15, -0.1) is 5.10 Å². The first kappa shape index (κ1) is 18.8. The van der Waals surface area contributed by atoms with Crippen LogP contribution in [0.15, 0.2) is 26.3 Å². The van der Waals surface area contributed by atoms with Gasteiger partial charge < -0.3 is 10.2 Å². The van der Waals surface area contributed by atoms with E-state index in [9.17, 15) is 4.79 Å². The molecule has 152 valence electrons. The minimum atomic E-state index is -0.502. The molecule has 12 heteroatoms. The summed E-state index contributed by atoms with van der Waals surface area (Å²) in [5.74, 6) is 1.04. The molecule has 12 nitrogen and oxygen atoms in total. The van der Waals surface area contributed by atoms with Crippen molar-refractivity contribution in [1.82, 2.24) is 35.6 Å². The number of rotatable bonds is 6. The van der Waals surface area contributed by atoms with Gasteiger partial charge in [-0.3, -0.25) is 9.69 Å². The summed E-state index contributed by atoms with van der Waals surface area (Å²) in [5.41, 5.74) is 8.92. The molecule has 3 N–H and O–H groups in total. The number of nitrogens with two attached hydrogens (primary N) is 1. The Bertz CT molecular complexity index is 1010. The summed E-state index contributed by atoms with van der Waals surface area (Å²) in [6, 6.07) is 3.56. The van der Waals surface area contributed by atoms with E-state index in [-0.39, 0.29) is 17.3 Å². The highest BCUT2D eigenvalue weighted by Gasteiger charge is 2.26. The maximum atomic E-state index is 12.7. The van der Waals surface area contributed by atoms with Gasteiger partial charge in [-0.1, -0.05) is 11.6 Å². The van der Waals surface area contributed by atoms with Gasteiger partial charge >= 0.3 is 0 Å². The molecule has 0 aromatic carbocycles. The number of carbonyl (C=O) groups excluding carboxylic acids is 1. The summed E-state index contributed by atoms with van der Waals surface area (Å²) >= 11 is 0. The van der Waals surface area contributed by atoms with Crippen molar-refractivity contribution in [2.24, 2.45) is 5.10 Å². The first-order valence-electron chi connectivity index (χ1n) is 9.27. The van der Waals surface area contributed by atoms with Crippen LogP contribution in [0.4, 0.5) is 5.82 Å². The van der Waals surface area contributed by atoms with Gasteiger partial charge in [-0.25, -0.2) is 10.1 Å². The Kier molecular flexibility index (Phi) is 5.33. The molecule has 4 rings (SSSR count). The number of hydrazone groups is 1. The summed E-state index contributed by atoms with van der Waals surface area (Å²) in [4.78, 5) is 14.9. The maximum absolute atomic E-state index is 12.7. The number of anilines is 1. The number of hydrogen-bond acceptors (Lipinski definition) is 10. The monoisotopic (exact) mass is 399 g/mol. The number of piperidine rings is 1. The molecule has 1 fully saturated rings. The van der Waals surface area contributed by atoms with Crippen LogP contribution in [0.5, 0.6) is 0 Å². The number of amides is 1.